The van der Waals surface area contributed by atoms with Gasteiger partial charge < -0.3 is 14.7 Å². The highest BCUT2D eigenvalue weighted by atomic mass is 35.5. The number of halogens is 1. The van der Waals surface area contributed by atoms with Crippen molar-refractivity contribution in [2.24, 2.45) is 0 Å². The highest BCUT2D eigenvalue weighted by Crippen LogP contribution is 2.37. The third-order valence-electron chi connectivity index (χ3n) is 6.10. The summed E-state index contributed by atoms with van der Waals surface area (Å²) in [5.41, 5.74) is 4.33. The molecule has 0 saturated carbocycles. The molecule has 0 unspecified atom stereocenters. The van der Waals surface area contributed by atoms with Gasteiger partial charge in [-0.25, -0.2) is 0 Å². The number of rotatable bonds is 8. The summed E-state index contributed by atoms with van der Waals surface area (Å²) in [5, 5.41) is 9.88. The Morgan fingerprint density at radius 1 is 1.03 bits per heavy atom. The van der Waals surface area contributed by atoms with E-state index in [0.29, 0.717) is 23.6 Å². The van der Waals surface area contributed by atoms with Crippen LogP contribution in [-0.4, -0.2) is 34.0 Å². The number of carboxylic acid groups (broad SMARTS) is 1. The van der Waals surface area contributed by atoms with Crippen LogP contribution in [0.15, 0.2) is 66.7 Å². The maximum atomic E-state index is 13.4. The lowest BCUT2D eigenvalue weighted by Gasteiger charge is -2.24. The summed E-state index contributed by atoms with van der Waals surface area (Å²) in [5.74, 6) is -0.332. The number of fused-ring (bicyclic) bond motifs is 1. The second kappa shape index (κ2) is 9.90. The zero-order chi connectivity index (χ0) is 24.3. The molecule has 3 aromatic rings. The number of hydrogen-bond donors (Lipinski definition) is 1. The molecule has 34 heavy (non-hydrogen) atoms. The van der Waals surface area contributed by atoms with Gasteiger partial charge in [0.25, 0.3) is 5.91 Å². The number of aryl methyl sites for hydroxylation is 1. The maximum Gasteiger partial charge on any atom is 0.305 e. The zero-order valence-corrected chi connectivity index (χ0v) is 20.1. The lowest BCUT2D eigenvalue weighted by atomic mass is 9.91. The average molecular weight is 478 g/mol. The molecule has 0 saturated heterocycles. The van der Waals surface area contributed by atoms with Gasteiger partial charge in [-0.2, -0.15) is 0 Å². The summed E-state index contributed by atoms with van der Waals surface area (Å²) >= 11 is 6.01. The van der Waals surface area contributed by atoms with Crippen LogP contribution in [0.5, 0.6) is 5.75 Å². The fourth-order valence-corrected chi connectivity index (χ4v) is 4.49. The van der Waals surface area contributed by atoms with Gasteiger partial charge in [-0.05, 0) is 60.9 Å². The number of ether oxygens (including phenoxy) is 1. The van der Waals surface area contributed by atoms with Crippen molar-refractivity contribution in [2.75, 3.05) is 6.54 Å². The van der Waals surface area contributed by atoms with Gasteiger partial charge in [-0.1, -0.05) is 53.6 Å². The lowest BCUT2D eigenvalue weighted by Crippen LogP contribution is -2.33. The quantitative estimate of drug-likeness (QED) is 0.451. The molecule has 1 atom stereocenters. The highest BCUT2D eigenvalue weighted by Gasteiger charge is 2.35. The molecule has 1 N–H and O–H groups in total. The molecular formula is C28H28ClNO4. The minimum Gasteiger partial charge on any atom is -0.487 e. The van der Waals surface area contributed by atoms with Gasteiger partial charge in [0.05, 0.1) is 6.42 Å². The Hall–Kier alpha value is -3.31. The van der Waals surface area contributed by atoms with E-state index >= 15 is 0 Å². The summed E-state index contributed by atoms with van der Waals surface area (Å²) in [7, 11) is 0. The van der Waals surface area contributed by atoms with Crippen LogP contribution in [0.25, 0.3) is 0 Å². The number of carboxylic acids is 1. The van der Waals surface area contributed by atoms with Crippen molar-refractivity contribution in [2.45, 2.75) is 45.3 Å². The minimum absolute atomic E-state index is 0.106. The van der Waals surface area contributed by atoms with Crippen molar-refractivity contribution in [3.8, 4) is 5.75 Å². The van der Waals surface area contributed by atoms with Crippen molar-refractivity contribution < 1.29 is 19.4 Å². The lowest BCUT2D eigenvalue weighted by molar-refractivity contribution is -0.137. The molecule has 176 valence electrons. The molecule has 0 aliphatic carbocycles. The Kier molecular flexibility index (Phi) is 6.94. The first-order chi connectivity index (χ1) is 16.2. The van der Waals surface area contributed by atoms with Gasteiger partial charge in [0, 0.05) is 36.5 Å². The van der Waals surface area contributed by atoms with Crippen molar-refractivity contribution in [3.63, 3.8) is 0 Å². The molecule has 3 aromatic carbocycles. The third-order valence-corrected chi connectivity index (χ3v) is 6.35. The largest absolute Gasteiger partial charge is 0.487 e. The van der Waals surface area contributed by atoms with E-state index in [1.807, 2.05) is 67.6 Å². The smallest absolute Gasteiger partial charge is 0.305 e. The van der Waals surface area contributed by atoms with E-state index in [9.17, 15) is 14.7 Å². The van der Waals surface area contributed by atoms with Crippen molar-refractivity contribution in [1.29, 1.82) is 0 Å². The predicted molar refractivity (Wildman–Crippen MR) is 133 cm³/mol. The second-order valence-electron chi connectivity index (χ2n) is 9.21. The van der Waals surface area contributed by atoms with Gasteiger partial charge >= 0.3 is 5.97 Å². The summed E-state index contributed by atoms with van der Waals surface area (Å²) < 4.78 is 6.27. The second-order valence-corrected chi connectivity index (χ2v) is 9.65. The fourth-order valence-electron chi connectivity index (χ4n) is 4.37. The van der Waals surface area contributed by atoms with Crippen molar-refractivity contribution in [1.82, 2.24) is 4.90 Å². The average Bonchev–Trinajstić information content (AvgIpc) is 3.13. The first kappa shape index (κ1) is 23.8. The van der Waals surface area contributed by atoms with Crippen LogP contribution >= 0.6 is 11.6 Å². The Bertz CT molecular complexity index is 1190. The molecular weight excluding hydrogens is 450 g/mol. The van der Waals surface area contributed by atoms with E-state index in [0.717, 1.165) is 34.4 Å². The van der Waals surface area contributed by atoms with Crippen LogP contribution in [0.1, 0.15) is 46.0 Å². The van der Waals surface area contributed by atoms with Crippen LogP contribution in [-0.2, 0) is 24.2 Å². The fraction of sp³-hybridized carbons (Fsp3) is 0.286. The van der Waals surface area contributed by atoms with Gasteiger partial charge in [0.15, 0.2) is 0 Å². The standard InChI is InChI=1S/C28H28ClNO4/c1-19-3-5-21(6-4-19)18-30(14-13-26(31)32)27(33)22-9-12-25-23(15-22)17-28(2,34-25)16-20-7-10-24(29)11-8-20/h3-12,15H,13-14,16-18H2,1-2H3,(H,31,32)/t28-/m0/s1. The summed E-state index contributed by atoms with van der Waals surface area (Å²) in [4.78, 5) is 26.2. The SMILES string of the molecule is Cc1ccc(CN(CCC(=O)O)C(=O)c2ccc3c(c2)C[C@](C)(Cc2ccc(Cl)cc2)O3)cc1. The molecule has 6 heteroatoms. The number of hydrogen-bond acceptors (Lipinski definition) is 3. The molecule has 0 fully saturated rings. The number of carbonyl (C=O) groups is 2. The van der Waals surface area contributed by atoms with Crippen LogP contribution < -0.4 is 4.74 Å². The Balaban J connectivity index is 1.51. The van der Waals surface area contributed by atoms with Gasteiger partial charge in [0.1, 0.15) is 11.4 Å². The Labute approximate surface area is 204 Å². The predicted octanol–water partition coefficient (Wildman–Crippen LogP) is 5.70. The number of carbonyl (C=O) groups excluding carboxylic acids is 1. The van der Waals surface area contributed by atoms with Crippen LogP contribution in [0, 0.1) is 6.92 Å². The molecule has 1 heterocycles. The topological polar surface area (TPSA) is 66.8 Å². The summed E-state index contributed by atoms with van der Waals surface area (Å²) in [6.07, 6.45) is 1.30. The van der Waals surface area contributed by atoms with Crippen LogP contribution in [0.4, 0.5) is 0 Å². The van der Waals surface area contributed by atoms with Crippen LogP contribution in [0.3, 0.4) is 0 Å². The molecule has 1 amide bonds. The van der Waals surface area contributed by atoms with Crippen molar-refractivity contribution >= 4 is 23.5 Å². The summed E-state index contributed by atoms with van der Waals surface area (Å²) in [6.45, 7) is 4.57. The van der Waals surface area contributed by atoms with E-state index in [1.165, 1.54) is 0 Å². The molecule has 5 nitrogen and oxygen atoms in total. The summed E-state index contributed by atoms with van der Waals surface area (Å²) in [6, 6.07) is 21.2. The minimum atomic E-state index is -0.929. The normalized spacial score (nSPS) is 16.6. The number of benzene rings is 3. The maximum absolute atomic E-state index is 13.4. The third kappa shape index (κ3) is 5.78. The molecule has 4 rings (SSSR count). The molecule has 0 radical (unpaired) electrons. The molecule has 0 aromatic heterocycles. The van der Waals surface area contributed by atoms with E-state index in [2.05, 4.69) is 6.92 Å². The molecule has 1 aliphatic heterocycles. The van der Waals surface area contributed by atoms with Gasteiger partial charge in [-0.15, -0.1) is 0 Å². The molecule has 0 bridgehead atoms. The molecule has 0 spiro atoms. The van der Waals surface area contributed by atoms with E-state index in [4.69, 9.17) is 16.3 Å². The number of amides is 1. The van der Waals surface area contributed by atoms with Gasteiger partial charge in [0.2, 0.25) is 0 Å². The first-order valence-electron chi connectivity index (χ1n) is 11.3. The highest BCUT2D eigenvalue weighted by molar-refractivity contribution is 6.30. The van der Waals surface area contributed by atoms with E-state index in [-0.39, 0.29) is 18.9 Å². The van der Waals surface area contributed by atoms with E-state index < -0.39 is 11.6 Å². The van der Waals surface area contributed by atoms with Crippen LogP contribution in [0.2, 0.25) is 5.02 Å². The Morgan fingerprint density at radius 3 is 2.38 bits per heavy atom. The van der Waals surface area contributed by atoms with E-state index in [1.54, 1.807) is 11.0 Å². The molecule has 1 aliphatic rings. The first-order valence-corrected chi connectivity index (χ1v) is 11.7. The number of nitrogens with zero attached hydrogens (tertiary/aromatic N) is 1. The van der Waals surface area contributed by atoms with Crippen molar-refractivity contribution in [3.05, 3.63) is 99.6 Å². The zero-order valence-electron chi connectivity index (χ0n) is 19.4. The monoisotopic (exact) mass is 477 g/mol. The Morgan fingerprint density at radius 2 is 1.71 bits per heavy atom. The van der Waals surface area contributed by atoms with Gasteiger partial charge in [-0.3, -0.25) is 9.59 Å². The number of aliphatic carboxylic acids is 1.